The Morgan fingerprint density at radius 1 is 1.19 bits per heavy atom. The van der Waals surface area contributed by atoms with E-state index in [9.17, 15) is 8.78 Å². The van der Waals surface area contributed by atoms with Crippen molar-refractivity contribution in [2.45, 2.75) is 6.42 Å². The molecular weight excluding hydrogens is 358 g/mol. The van der Waals surface area contributed by atoms with Crippen LogP contribution in [-0.2, 0) is 13.5 Å². The molecule has 3 heterocycles. The first-order chi connectivity index (χ1) is 13.1. The SMILES string of the molecule is Cn1ncc2c(NCCc3nn[nH]n3)nc(Nc3ccc(F)c(F)c3)nc21. The van der Waals surface area contributed by atoms with E-state index in [1.807, 2.05) is 0 Å². The third-order valence-corrected chi connectivity index (χ3v) is 3.80. The van der Waals surface area contributed by atoms with E-state index in [1.165, 1.54) is 6.07 Å². The van der Waals surface area contributed by atoms with E-state index < -0.39 is 11.6 Å². The number of hydrogen-bond acceptors (Lipinski definition) is 8. The number of benzene rings is 1. The molecule has 0 unspecified atom stereocenters. The van der Waals surface area contributed by atoms with Crippen LogP contribution in [0.3, 0.4) is 0 Å². The van der Waals surface area contributed by atoms with E-state index in [0.717, 1.165) is 17.5 Å². The number of halogens is 2. The highest BCUT2D eigenvalue weighted by Gasteiger charge is 2.13. The van der Waals surface area contributed by atoms with Gasteiger partial charge in [0.15, 0.2) is 23.1 Å². The molecule has 0 radical (unpaired) electrons. The second-order valence-corrected chi connectivity index (χ2v) is 5.66. The van der Waals surface area contributed by atoms with Crippen molar-refractivity contribution in [3.05, 3.63) is 41.9 Å². The number of tetrazole rings is 1. The number of rotatable bonds is 6. The molecule has 1 aromatic carbocycles. The predicted octanol–water partition coefficient (Wildman–Crippen LogP) is 1.55. The molecule has 4 aromatic rings. The molecule has 27 heavy (non-hydrogen) atoms. The summed E-state index contributed by atoms with van der Waals surface area (Å²) in [5, 5.41) is 24.6. The molecule has 3 aromatic heterocycles. The molecule has 0 spiro atoms. The van der Waals surface area contributed by atoms with Crippen LogP contribution in [0.15, 0.2) is 24.4 Å². The summed E-state index contributed by atoms with van der Waals surface area (Å²) in [6, 6.07) is 3.47. The zero-order chi connectivity index (χ0) is 18.8. The lowest BCUT2D eigenvalue weighted by atomic mass is 10.3. The highest BCUT2D eigenvalue weighted by molar-refractivity contribution is 5.87. The Labute approximate surface area is 151 Å². The Hall–Kier alpha value is -3.70. The van der Waals surface area contributed by atoms with Crippen molar-refractivity contribution in [3.63, 3.8) is 0 Å². The third kappa shape index (κ3) is 3.49. The largest absolute Gasteiger partial charge is 0.369 e. The molecule has 0 aliphatic rings. The number of hydrogen-bond donors (Lipinski definition) is 3. The highest BCUT2D eigenvalue weighted by Crippen LogP contribution is 2.23. The summed E-state index contributed by atoms with van der Waals surface area (Å²) in [5.74, 6) is -0.549. The predicted molar refractivity (Wildman–Crippen MR) is 92.3 cm³/mol. The minimum Gasteiger partial charge on any atom is -0.369 e. The normalized spacial score (nSPS) is 11.1. The summed E-state index contributed by atoms with van der Waals surface area (Å²) in [6.07, 6.45) is 2.18. The zero-order valence-corrected chi connectivity index (χ0v) is 14.1. The number of nitrogens with zero attached hydrogens (tertiary/aromatic N) is 7. The average molecular weight is 372 g/mol. The molecule has 10 nitrogen and oxygen atoms in total. The maximum Gasteiger partial charge on any atom is 0.231 e. The molecule has 0 saturated heterocycles. The van der Waals surface area contributed by atoms with Gasteiger partial charge in [-0.3, -0.25) is 4.68 Å². The molecule has 0 aliphatic carbocycles. The molecule has 4 rings (SSSR count). The third-order valence-electron chi connectivity index (χ3n) is 3.80. The first-order valence-corrected chi connectivity index (χ1v) is 7.98. The van der Waals surface area contributed by atoms with Gasteiger partial charge in [0, 0.05) is 31.8 Å². The van der Waals surface area contributed by atoms with Crippen molar-refractivity contribution in [2.24, 2.45) is 7.05 Å². The summed E-state index contributed by atoms with van der Waals surface area (Å²) < 4.78 is 28.1. The summed E-state index contributed by atoms with van der Waals surface area (Å²) in [6.45, 7) is 0.505. The van der Waals surface area contributed by atoms with E-state index in [-0.39, 0.29) is 5.95 Å². The van der Waals surface area contributed by atoms with Crippen molar-refractivity contribution < 1.29 is 8.78 Å². The molecule has 138 valence electrons. The van der Waals surface area contributed by atoms with Crippen molar-refractivity contribution >= 4 is 28.5 Å². The molecular formula is C15H14F2N10. The van der Waals surface area contributed by atoms with Gasteiger partial charge < -0.3 is 10.6 Å². The fraction of sp³-hybridized carbons (Fsp3) is 0.200. The van der Waals surface area contributed by atoms with Crippen LogP contribution in [-0.4, -0.2) is 46.9 Å². The molecule has 0 aliphatic heterocycles. The van der Waals surface area contributed by atoms with Gasteiger partial charge in [-0.25, -0.2) is 8.78 Å². The van der Waals surface area contributed by atoms with Crippen LogP contribution in [0.1, 0.15) is 5.82 Å². The van der Waals surface area contributed by atoms with Gasteiger partial charge in [-0.05, 0) is 12.1 Å². The fourth-order valence-corrected chi connectivity index (χ4v) is 2.50. The topological polar surface area (TPSA) is 122 Å². The fourth-order valence-electron chi connectivity index (χ4n) is 2.50. The Kier molecular flexibility index (Phi) is 4.28. The molecule has 0 amide bonds. The van der Waals surface area contributed by atoms with Crippen molar-refractivity contribution in [1.82, 2.24) is 40.4 Å². The quantitative estimate of drug-likeness (QED) is 0.466. The van der Waals surface area contributed by atoms with Crippen molar-refractivity contribution in [3.8, 4) is 0 Å². The summed E-state index contributed by atoms with van der Waals surface area (Å²) in [7, 11) is 1.75. The zero-order valence-electron chi connectivity index (χ0n) is 14.1. The Morgan fingerprint density at radius 3 is 2.85 bits per heavy atom. The van der Waals surface area contributed by atoms with E-state index in [4.69, 9.17) is 0 Å². The van der Waals surface area contributed by atoms with Gasteiger partial charge in [0.1, 0.15) is 5.82 Å². The maximum absolute atomic E-state index is 13.4. The van der Waals surface area contributed by atoms with Gasteiger partial charge in [0.2, 0.25) is 5.95 Å². The molecule has 12 heteroatoms. The van der Waals surface area contributed by atoms with Gasteiger partial charge in [0.05, 0.1) is 11.6 Å². The Bertz CT molecular complexity index is 1080. The van der Waals surface area contributed by atoms with Gasteiger partial charge in [-0.2, -0.15) is 20.3 Å². The van der Waals surface area contributed by atoms with Crippen molar-refractivity contribution in [1.29, 1.82) is 0 Å². The van der Waals surface area contributed by atoms with Crippen LogP contribution in [0.5, 0.6) is 0 Å². The smallest absolute Gasteiger partial charge is 0.231 e. The number of anilines is 3. The number of aromatic nitrogens is 8. The van der Waals surface area contributed by atoms with Crippen LogP contribution in [0.25, 0.3) is 11.0 Å². The lowest BCUT2D eigenvalue weighted by molar-refractivity contribution is 0.509. The lowest BCUT2D eigenvalue weighted by Gasteiger charge is -2.10. The molecule has 0 fully saturated rings. The minimum atomic E-state index is -0.958. The van der Waals surface area contributed by atoms with Gasteiger partial charge in [0.25, 0.3) is 0 Å². The lowest BCUT2D eigenvalue weighted by Crippen LogP contribution is -2.10. The number of aryl methyl sites for hydroxylation is 1. The molecule has 0 bridgehead atoms. The summed E-state index contributed by atoms with van der Waals surface area (Å²) in [5.41, 5.74) is 0.908. The average Bonchev–Trinajstić information content (AvgIpc) is 3.29. The standard InChI is InChI=1S/C15H14F2N10/c1-27-14-9(7-19-27)13(18-5-4-12-23-25-26-24-12)21-15(22-14)20-8-2-3-10(16)11(17)6-8/h2-3,6-7H,4-5H2,1H3,(H2,18,20,21,22)(H,23,24,25,26). The first kappa shape index (κ1) is 16.8. The van der Waals surface area contributed by atoms with E-state index in [1.54, 1.807) is 17.9 Å². The highest BCUT2D eigenvalue weighted by atomic mass is 19.2. The number of nitrogens with one attached hydrogen (secondary N) is 3. The monoisotopic (exact) mass is 372 g/mol. The maximum atomic E-state index is 13.4. The van der Waals surface area contributed by atoms with E-state index >= 15 is 0 Å². The van der Waals surface area contributed by atoms with Gasteiger partial charge in [-0.1, -0.05) is 5.21 Å². The molecule has 0 saturated carbocycles. The number of H-pyrrole nitrogens is 1. The number of aromatic amines is 1. The first-order valence-electron chi connectivity index (χ1n) is 7.98. The van der Waals surface area contributed by atoms with Crippen LogP contribution in [0.4, 0.5) is 26.2 Å². The second-order valence-electron chi connectivity index (χ2n) is 5.66. The summed E-state index contributed by atoms with van der Waals surface area (Å²) >= 11 is 0. The van der Waals surface area contributed by atoms with Crippen LogP contribution < -0.4 is 10.6 Å². The van der Waals surface area contributed by atoms with Crippen LogP contribution >= 0.6 is 0 Å². The van der Waals surface area contributed by atoms with Gasteiger partial charge >= 0.3 is 0 Å². The van der Waals surface area contributed by atoms with Gasteiger partial charge in [-0.15, -0.1) is 10.2 Å². The van der Waals surface area contributed by atoms with Crippen LogP contribution in [0, 0.1) is 11.6 Å². The van der Waals surface area contributed by atoms with E-state index in [2.05, 4.69) is 46.3 Å². The Balaban J connectivity index is 1.60. The van der Waals surface area contributed by atoms with Crippen LogP contribution in [0.2, 0.25) is 0 Å². The summed E-state index contributed by atoms with van der Waals surface area (Å²) in [4.78, 5) is 8.80. The minimum absolute atomic E-state index is 0.221. The van der Waals surface area contributed by atoms with E-state index in [0.29, 0.717) is 35.9 Å². The Morgan fingerprint density at radius 2 is 2.07 bits per heavy atom. The van der Waals surface area contributed by atoms with Crippen molar-refractivity contribution in [2.75, 3.05) is 17.2 Å². The molecule has 3 N–H and O–H groups in total. The number of fused-ring (bicyclic) bond motifs is 1. The second kappa shape index (κ2) is 6.90. The molecule has 0 atom stereocenters.